The average Bonchev–Trinajstić information content (AvgIpc) is 1.38. The van der Waals surface area contributed by atoms with Crippen molar-refractivity contribution in [2.75, 3.05) is 0 Å². The summed E-state index contributed by atoms with van der Waals surface area (Å²) in [5.41, 5.74) is 0. The number of nitrogens with one attached hydrogen (secondary N) is 1. The van der Waals surface area contributed by atoms with Crippen LogP contribution in [0, 0.1) is 0 Å². The van der Waals surface area contributed by atoms with E-state index < -0.39 is 5.97 Å². The Morgan fingerprint density at radius 3 is 2.00 bits per heavy atom. The third-order valence-corrected chi connectivity index (χ3v) is 0.144. The molecule has 0 radical (unpaired) electrons. The van der Waals surface area contributed by atoms with Crippen LogP contribution in [0.3, 0.4) is 0 Å². The van der Waals surface area contributed by atoms with E-state index >= 15 is 0 Å². The number of carbonyl (C=O) groups is 1. The summed E-state index contributed by atoms with van der Waals surface area (Å²) in [5.74, 6) is 5.23. The van der Waals surface area contributed by atoms with Crippen LogP contribution in [0.4, 0.5) is 0 Å². The van der Waals surface area contributed by atoms with Gasteiger partial charge in [0.15, 0.2) is 0 Å². The molecule has 6 heavy (non-hydrogen) atoms. The molecule has 4 heteroatoms. The molecular weight excluding hydrogens is 93.0 g/mol. The molecule has 0 aromatic rings. The van der Waals surface area contributed by atoms with Gasteiger partial charge in [-0.05, 0) is 0 Å². The number of hydrogen-bond donors (Lipinski definition) is 0. The maximum absolute atomic E-state index is 9.40. The minimum atomic E-state index is -0.579. The van der Waals surface area contributed by atoms with Gasteiger partial charge in [0.2, 0.25) is 0 Å². The van der Waals surface area contributed by atoms with Gasteiger partial charge in [-0.2, -0.15) is 0 Å². The third kappa shape index (κ3) is 8.83. The molecule has 3 nitrogen and oxygen atoms in total. The van der Waals surface area contributed by atoms with Crippen LogP contribution in [0.15, 0.2) is 0 Å². The molecular formula is C2H4NNaO2. The Kier molecular flexibility index (Phi) is 8.74. The molecule has 1 N–H and O–H groups in total. The summed E-state index contributed by atoms with van der Waals surface area (Å²) in [6, 6.07) is 0. The zero-order valence-electron chi connectivity index (χ0n) is 3.82. The van der Waals surface area contributed by atoms with Crippen molar-refractivity contribution in [3.63, 3.8) is 0 Å². The van der Waals surface area contributed by atoms with Crippen LogP contribution < -0.4 is 29.6 Å². The summed E-state index contributed by atoms with van der Waals surface area (Å²) < 4.78 is 0. The van der Waals surface area contributed by atoms with Gasteiger partial charge in [0.05, 0.1) is 0 Å². The van der Waals surface area contributed by atoms with Crippen LogP contribution in [0.5, 0.6) is 0 Å². The van der Waals surface area contributed by atoms with Gasteiger partial charge < -0.3 is 10.7 Å². The Morgan fingerprint density at radius 1 is 1.83 bits per heavy atom. The van der Waals surface area contributed by atoms with Crippen LogP contribution in [0.1, 0.15) is 6.92 Å². The van der Waals surface area contributed by atoms with E-state index in [0.717, 1.165) is 0 Å². The molecule has 0 rings (SSSR count). The van der Waals surface area contributed by atoms with Gasteiger partial charge >= 0.3 is 29.6 Å². The Hall–Kier alpha value is 0.430. The Morgan fingerprint density at radius 2 is 2.00 bits per heavy atom. The topological polar surface area (TPSA) is 50.1 Å². The van der Waals surface area contributed by atoms with Gasteiger partial charge in [0.25, 0.3) is 5.97 Å². The average molecular weight is 97.0 g/mol. The second-order valence-corrected chi connectivity index (χ2v) is 0.594. The van der Waals surface area contributed by atoms with E-state index in [4.69, 9.17) is 5.90 Å². The van der Waals surface area contributed by atoms with E-state index in [1.165, 1.54) is 6.92 Å². The van der Waals surface area contributed by atoms with Crippen LogP contribution in [-0.4, -0.2) is 5.97 Å². The van der Waals surface area contributed by atoms with Crippen molar-refractivity contribution in [1.29, 1.82) is 0 Å². The minimum Gasteiger partial charge on any atom is -0.564 e. The van der Waals surface area contributed by atoms with E-state index in [2.05, 4.69) is 4.84 Å². The number of rotatable bonds is 0. The Labute approximate surface area is 58.1 Å². The van der Waals surface area contributed by atoms with E-state index in [0.29, 0.717) is 0 Å². The summed E-state index contributed by atoms with van der Waals surface area (Å²) in [6.07, 6.45) is 0. The van der Waals surface area contributed by atoms with E-state index in [9.17, 15) is 4.79 Å². The van der Waals surface area contributed by atoms with Gasteiger partial charge in [-0.3, -0.25) is 4.79 Å². The van der Waals surface area contributed by atoms with Gasteiger partial charge in [-0.25, -0.2) is 0 Å². The number of hydrogen-bond acceptors (Lipinski definition) is 2. The predicted molar refractivity (Wildman–Crippen MR) is 16.1 cm³/mol. The van der Waals surface area contributed by atoms with Crippen LogP contribution >= 0.6 is 0 Å². The molecule has 0 amide bonds. The third-order valence-electron chi connectivity index (χ3n) is 0.144. The van der Waals surface area contributed by atoms with Gasteiger partial charge in [0.1, 0.15) is 0 Å². The molecule has 0 unspecified atom stereocenters. The number of carbonyl (C=O) groups excluding carboxylic acids is 1. The normalized spacial score (nSPS) is 5.67. The molecule has 0 aliphatic heterocycles. The molecule has 30 valence electrons. The molecule has 0 spiro atoms. The van der Waals surface area contributed by atoms with E-state index in [1.54, 1.807) is 0 Å². The summed E-state index contributed by atoms with van der Waals surface area (Å²) in [4.78, 5) is 12.8. The van der Waals surface area contributed by atoms with Crippen molar-refractivity contribution in [2.45, 2.75) is 6.92 Å². The van der Waals surface area contributed by atoms with E-state index in [-0.39, 0.29) is 29.6 Å². The van der Waals surface area contributed by atoms with Gasteiger partial charge in [-0.1, -0.05) is 0 Å². The molecule has 0 aliphatic rings. The molecule has 0 atom stereocenters. The Bertz CT molecular complexity index is 46.8. The smallest absolute Gasteiger partial charge is 0.564 e. The zero-order chi connectivity index (χ0) is 4.28. The summed E-state index contributed by atoms with van der Waals surface area (Å²) in [6.45, 7) is 1.17. The first-order valence-electron chi connectivity index (χ1n) is 1.11. The fourth-order valence-corrected chi connectivity index (χ4v) is 0. The van der Waals surface area contributed by atoms with Crippen molar-refractivity contribution in [2.24, 2.45) is 0 Å². The van der Waals surface area contributed by atoms with E-state index in [1.807, 2.05) is 0 Å². The minimum absolute atomic E-state index is 0. The molecule has 0 aromatic heterocycles. The Balaban J connectivity index is 0. The fourth-order valence-electron chi connectivity index (χ4n) is 0. The molecule has 0 heterocycles. The van der Waals surface area contributed by atoms with Crippen molar-refractivity contribution in [1.82, 2.24) is 0 Å². The van der Waals surface area contributed by atoms with Crippen LogP contribution in [-0.2, 0) is 9.63 Å². The second kappa shape index (κ2) is 5.43. The van der Waals surface area contributed by atoms with Crippen LogP contribution in [0.2, 0.25) is 0 Å². The molecule has 0 saturated heterocycles. The van der Waals surface area contributed by atoms with Crippen molar-refractivity contribution in [3.05, 3.63) is 5.90 Å². The summed E-state index contributed by atoms with van der Waals surface area (Å²) in [7, 11) is 0. The maximum atomic E-state index is 9.40. The van der Waals surface area contributed by atoms with Crippen molar-refractivity contribution >= 4 is 5.97 Å². The summed E-state index contributed by atoms with van der Waals surface area (Å²) >= 11 is 0. The second-order valence-electron chi connectivity index (χ2n) is 0.594. The first-order chi connectivity index (χ1) is 2.27. The van der Waals surface area contributed by atoms with Gasteiger partial charge in [-0.15, -0.1) is 0 Å². The van der Waals surface area contributed by atoms with Crippen molar-refractivity contribution in [3.8, 4) is 0 Å². The molecule has 0 aromatic carbocycles. The molecule has 0 saturated carbocycles. The molecule has 0 aliphatic carbocycles. The quantitative estimate of drug-likeness (QED) is 0.248. The predicted octanol–water partition coefficient (Wildman–Crippen LogP) is -2.48. The van der Waals surface area contributed by atoms with Gasteiger partial charge in [0, 0.05) is 6.92 Å². The maximum Gasteiger partial charge on any atom is 1.00 e. The standard InChI is InChI=1S/C2H4NO2.Na/c1-2(4)5-3;/h3H,1H3;/q-1;+1. The fraction of sp³-hybridized carbons (Fsp3) is 0.500. The first-order valence-corrected chi connectivity index (χ1v) is 1.11. The monoisotopic (exact) mass is 97.0 g/mol. The summed E-state index contributed by atoms with van der Waals surface area (Å²) in [5, 5.41) is 0. The van der Waals surface area contributed by atoms with Crippen LogP contribution in [0.25, 0.3) is 5.90 Å². The first kappa shape index (κ1) is 9.66. The van der Waals surface area contributed by atoms with Crippen molar-refractivity contribution < 1.29 is 39.2 Å². The largest absolute Gasteiger partial charge is 1.00 e. The zero-order valence-corrected chi connectivity index (χ0v) is 5.82. The SMILES string of the molecule is CC(=O)O[NH-].[Na+]. The molecule has 0 bridgehead atoms. The molecule has 0 fully saturated rings.